The van der Waals surface area contributed by atoms with E-state index in [1.807, 2.05) is 46.4 Å². The fourth-order valence-corrected chi connectivity index (χ4v) is 8.12. The molecule has 3 saturated heterocycles. The van der Waals surface area contributed by atoms with Crippen molar-refractivity contribution in [2.75, 3.05) is 19.8 Å². The number of carbonyl (C=O) groups excluding carboxylic acids is 3. The molecule has 3 unspecified atom stereocenters. The first kappa shape index (κ1) is 33.3. The predicted molar refractivity (Wildman–Crippen MR) is 160 cm³/mol. The van der Waals surface area contributed by atoms with Gasteiger partial charge in [0.2, 0.25) is 11.8 Å². The van der Waals surface area contributed by atoms with Crippen molar-refractivity contribution in [3.63, 3.8) is 0 Å². The van der Waals surface area contributed by atoms with Gasteiger partial charge in [-0.25, -0.2) is 0 Å². The number of aliphatic hydroxyl groups is 1. The lowest BCUT2D eigenvalue weighted by Gasteiger charge is -2.47. The monoisotopic (exact) mass is 574 g/mol. The van der Waals surface area contributed by atoms with Gasteiger partial charge in [0.15, 0.2) is 0 Å². The van der Waals surface area contributed by atoms with E-state index in [4.69, 9.17) is 9.47 Å². The second kappa shape index (κ2) is 11.8. The van der Waals surface area contributed by atoms with Gasteiger partial charge in [0, 0.05) is 12.1 Å². The normalized spacial score (nSPS) is 32.4. The molecule has 0 radical (unpaired) electrons. The first-order valence-corrected chi connectivity index (χ1v) is 15.3. The fourth-order valence-electron chi connectivity index (χ4n) is 8.12. The van der Waals surface area contributed by atoms with Crippen LogP contribution in [0.3, 0.4) is 0 Å². The molecule has 8 nitrogen and oxygen atoms in total. The highest BCUT2D eigenvalue weighted by molar-refractivity contribution is 5.99. The summed E-state index contributed by atoms with van der Waals surface area (Å²) in [6, 6.07) is -1.58. The fraction of sp³-hybridized carbons (Fsp3) is 0.788. The van der Waals surface area contributed by atoms with Crippen LogP contribution >= 0.6 is 0 Å². The number of carbonyl (C=O) groups is 3. The van der Waals surface area contributed by atoms with Gasteiger partial charge < -0.3 is 24.4 Å². The van der Waals surface area contributed by atoms with Crippen molar-refractivity contribution in [3.05, 3.63) is 25.3 Å². The Morgan fingerprint density at radius 1 is 1.24 bits per heavy atom. The molecule has 0 aromatic rings. The summed E-state index contributed by atoms with van der Waals surface area (Å²) in [5, 5.41) is 10.6. The third kappa shape index (κ3) is 5.63. The van der Waals surface area contributed by atoms with Crippen LogP contribution < -0.4 is 0 Å². The number of nitrogens with zero attached hydrogens (tertiary/aromatic N) is 2. The van der Waals surface area contributed by atoms with Crippen LogP contribution in [0.5, 0.6) is 0 Å². The van der Waals surface area contributed by atoms with Gasteiger partial charge in [0.05, 0.1) is 30.8 Å². The number of hydrogen-bond acceptors (Lipinski definition) is 6. The first-order valence-electron chi connectivity index (χ1n) is 15.3. The zero-order valence-electron chi connectivity index (χ0n) is 26.9. The number of likely N-dealkylation sites (tertiary alicyclic amines) is 1. The number of rotatable bonds is 13. The topological polar surface area (TPSA) is 96.4 Å². The maximum Gasteiger partial charge on any atom is 0.312 e. The molecule has 0 aliphatic carbocycles. The molecule has 3 heterocycles. The van der Waals surface area contributed by atoms with Crippen molar-refractivity contribution in [3.8, 4) is 0 Å². The summed E-state index contributed by atoms with van der Waals surface area (Å²) in [7, 11) is 0. The Bertz CT molecular complexity index is 1030. The van der Waals surface area contributed by atoms with Crippen molar-refractivity contribution >= 4 is 17.8 Å². The van der Waals surface area contributed by atoms with Crippen LogP contribution in [0.25, 0.3) is 0 Å². The summed E-state index contributed by atoms with van der Waals surface area (Å²) in [4.78, 5) is 46.6. The average molecular weight is 575 g/mol. The zero-order valence-corrected chi connectivity index (χ0v) is 26.9. The molecule has 2 bridgehead atoms. The maximum absolute atomic E-state index is 15.0. The van der Waals surface area contributed by atoms with Crippen LogP contribution in [-0.2, 0) is 23.9 Å². The molecule has 0 saturated carbocycles. The van der Waals surface area contributed by atoms with E-state index in [0.717, 1.165) is 6.42 Å². The average Bonchev–Trinajstić information content (AvgIpc) is 3.38. The lowest BCUT2D eigenvalue weighted by molar-refractivity contribution is -0.165. The highest BCUT2D eigenvalue weighted by Crippen LogP contribution is 2.66. The smallest absolute Gasteiger partial charge is 0.312 e. The Kier molecular flexibility index (Phi) is 9.61. The lowest BCUT2D eigenvalue weighted by atomic mass is 9.62. The number of hydrogen-bond donors (Lipinski definition) is 1. The molecular formula is C33H54N2O6. The number of aliphatic hydroxyl groups excluding tert-OH is 1. The minimum Gasteiger partial charge on any atom is -0.465 e. The van der Waals surface area contributed by atoms with Gasteiger partial charge in [0.1, 0.15) is 17.6 Å². The zero-order chi connectivity index (χ0) is 31.1. The number of fused-ring (bicyclic) bond motifs is 1. The van der Waals surface area contributed by atoms with Crippen LogP contribution in [0, 0.1) is 29.1 Å². The van der Waals surface area contributed by atoms with Crippen LogP contribution in [0.1, 0.15) is 88.0 Å². The van der Waals surface area contributed by atoms with E-state index in [-0.39, 0.29) is 42.3 Å². The molecule has 0 aromatic carbocycles. The summed E-state index contributed by atoms with van der Waals surface area (Å²) < 4.78 is 12.5. The number of ether oxygens (including phenoxy) is 2. The Hall–Kier alpha value is -2.19. The molecule has 232 valence electrons. The molecule has 3 rings (SSSR count). The third-order valence-electron chi connectivity index (χ3n) is 9.92. The van der Waals surface area contributed by atoms with Crippen LogP contribution in [0.2, 0.25) is 0 Å². The standard InChI is InChI=1S/C33H54N2O6/c1-12-15-17-40-29(39)25-24-27(37)35(23(19-36)21(4)14-3)26(33(24)18-22(5)32(25,11)41-33)28(38)34(16-13-2)31(9,10)20-30(6,7)8/h12-13,21-26,36H,1-2,14-20H2,3-11H3/t21-,22?,23-,24-,25-,26?,32+,33?/m0/s1. The quantitative estimate of drug-likeness (QED) is 0.194. The SMILES string of the molecule is C=CCCOC(=O)[C@@H]1[C@H]2C(=O)N([C@@H](CO)[C@@H](C)CC)C(C(=O)N(CC=C)C(C)(C)CC(C)(C)C)C23CC(C)[C@@]1(C)O3. The number of amides is 2. The third-order valence-corrected chi connectivity index (χ3v) is 9.92. The lowest BCUT2D eigenvalue weighted by Crippen LogP contribution is -2.63. The summed E-state index contributed by atoms with van der Waals surface area (Å²) in [6.45, 7) is 26.2. The van der Waals surface area contributed by atoms with Gasteiger partial charge in [-0.3, -0.25) is 14.4 Å². The molecule has 1 N–H and O–H groups in total. The molecule has 2 amide bonds. The Morgan fingerprint density at radius 3 is 2.39 bits per heavy atom. The van der Waals surface area contributed by atoms with E-state index < -0.39 is 46.6 Å². The highest BCUT2D eigenvalue weighted by atomic mass is 16.6. The summed E-state index contributed by atoms with van der Waals surface area (Å²) >= 11 is 0. The van der Waals surface area contributed by atoms with E-state index in [0.29, 0.717) is 25.8 Å². The van der Waals surface area contributed by atoms with E-state index in [1.54, 1.807) is 17.1 Å². The molecule has 3 aliphatic heterocycles. The molecule has 3 fully saturated rings. The largest absolute Gasteiger partial charge is 0.465 e. The van der Waals surface area contributed by atoms with Gasteiger partial charge >= 0.3 is 5.97 Å². The Labute approximate surface area is 247 Å². The van der Waals surface area contributed by atoms with E-state index >= 15 is 0 Å². The molecule has 0 aromatic heterocycles. The summed E-state index contributed by atoms with van der Waals surface area (Å²) in [5.41, 5.74) is -2.79. The van der Waals surface area contributed by atoms with Crippen LogP contribution in [0.15, 0.2) is 25.3 Å². The van der Waals surface area contributed by atoms with Crippen molar-refractivity contribution in [1.29, 1.82) is 0 Å². The molecule has 8 heteroatoms. The highest BCUT2D eigenvalue weighted by Gasteiger charge is 2.81. The maximum atomic E-state index is 15.0. The van der Waals surface area contributed by atoms with Gasteiger partial charge in [-0.05, 0) is 57.3 Å². The van der Waals surface area contributed by atoms with Gasteiger partial charge in [-0.2, -0.15) is 0 Å². The predicted octanol–water partition coefficient (Wildman–Crippen LogP) is 4.75. The van der Waals surface area contributed by atoms with E-state index in [2.05, 4.69) is 33.9 Å². The molecule has 8 atom stereocenters. The van der Waals surface area contributed by atoms with Gasteiger partial charge in [-0.1, -0.05) is 60.1 Å². The van der Waals surface area contributed by atoms with Gasteiger partial charge in [-0.15, -0.1) is 13.2 Å². The molecule has 41 heavy (non-hydrogen) atoms. The van der Waals surface area contributed by atoms with Crippen LogP contribution in [-0.4, -0.2) is 81.3 Å². The van der Waals surface area contributed by atoms with E-state index in [9.17, 15) is 19.5 Å². The minimum absolute atomic E-state index is 0.0653. The first-order chi connectivity index (χ1) is 19.0. The second-order valence-electron chi connectivity index (χ2n) is 14.6. The van der Waals surface area contributed by atoms with Gasteiger partial charge in [0.25, 0.3) is 0 Å². The van der Waals surface area contributed by atoms with Crippen molar-refractivity contribution in [1.82, 2.24) is 9.80 Å². The Balaban J connectivity index is 2.21. The Morgan fingerprint density at radius 2 is 1.88 bits per heavy atom. The van der Waals surface area contributed by atoms with Crippen molar-refractivity contribution < 1.29 is 29.0 Å². The van der Waals surface area contributed by atoms with Crippen molar-refractivity contribution in [2.45, 2.75) is 117 Å². The molecular weight excluding hydrogens is 520 g/mol. The number of esters is 1. The van der Waals surface area contributed by atoms with Crippen molar-refractivity contribution in [2.24, 2.45) is 29.1 Å². The summed E-state index contributed by atoms with van der Waals surface area (Å²) in [5.74, 6) is -2.91. The minimum atomic E-state index is -1.21. The van der Waals surface area contributed by atoms with E-state index in [1.165, 1.54) is 0 Å². The summed E-state index contributed by atoms with van der Waals surface area (Å²) in [6.07, 6.45) is 5.79. The molecule has 3 aliphatic rings. The molecule has 1 spiro atoms. The van der Waals surface area contributed by atoms with Crippen LogP contribution in [0.4, 0.5) is 0 Å². The second-order valence-corrected chi connectivity index (χ2v) is 14.6.